The fraction of sp³-hybridized carbons (Fsp3) is 0.333. The summed E-state index contributed by atoms with van der Waals surface area (Å²) in [6, 6.07) is 0. The van der Waals surface area contributed by atoms with Crippen molar-refractivity contribution < 1.29 is 4.57 Å². The predicted octanol–water partition coefficient (Wildman–Crippen LogP) is -0.213. The number of nitrogens with one attached hydrogen (secondary N) is 1. The summed E-state index contributed by atoms with van der Waals surface area (Å²) in [7, 11) is -3.00. The van der Waals surface area contributed by atoms with Gasteiger partial charge in [-0.2, -0.15) is 0 Å². The molecule has 0 unspecified atom stereocenters. The molecule has 0 aromatic heterocycles. The fourth-order valence-electron chi connectivity index (χ4n) is 0.207. The Labute approximate surface area is 48.5 Å². The second-order valence-corrected chi connectivity index (χ2v) is 3.10. The molecule has 0 aliphatic carbocycles. The molecule has 0 heterocycles. The van der Waals surface area contributed by atoms with Crippen LogP contribution >= 0.6 is 7.59 Å². The normalized spacial score (nSPS) is 11.2. The van der Waals surface area contributed by atoms with Crippen molar-refractivity contribution in [3.8, 4) is 0 Å². The number of hydrogen-bond acceptors (Lipinski definition) is 1. The van der Waals surface area contributed by atoms with Crippen molar-refractivity contribution in [3.05, 3.63) is 12.7 Å². The molecule has 8 heavy (non-hydrogen) atoms. The van der Waals surface area contributed by atoms with Gasteiger partial charge in [0.1, 0.15) is 0 Å². The summed E-state index contributed by atoms with van der Waals surface area (Å²) in [5, 5.41) is 2.36. The monoisotopic (exact) mass is 135 g/mol. The van der Waals surface area contributed by atoms with Crippen molar-refractivity contribution >= 4 is 7.59 Å². The van der Waals surface area contributed by atoms with Crippen LogP contribution < -0.4 is 16.1 Å². The average Bonchev–Trinajstić information content (AvgIpc) is 1.59. The first-order chi connectivity index (χ1) is 3.56. The molecule has 0 aromatic rings. The van der Waals surface area contributed by atoms with E-state index in [1.807, 2.05) is 0 Å². The first kappa shape index (κ1) is 7.85. The number of rotatable bonds is 3. The van der Waals surface area contributed by atoms with E-state index in [0.29, 0.717) is 6.54 Å². The van der Waals surface area contributed by atoms with Gasteiger partial charge in [-0.15, -0.1) is 6.58 Å². The zero-order chi connectivity index (χ0) is 6.62. The highest BCUT2D eigenvalue weighted by molar-refractivity contribution is 7.56. The summed E-state index contributed by atoms with van der Waals surface area (Å²) in [5.74, 6) is 0. The van der Waals surface area contributed by atoms with E-state index >= 15 is 0 Å². The van der Waals surface area contributed by atoms with Crippen LogP contribution in [0, 0.1) is 0 Å². The van der Waals surface area contributed by atoms with Gasteiger partial charge in [0.25, 0.3) is 7.59 Å². The van der Waals surface area contributed by atoms with Crippen LogP contribution in [0.4, 0.5) is 0 Å². The molecule has 4 nitrogen and oxygen atoms in total. The largest absolute Gasteiger partial charge is 0.274 e. The lowest BCUT2D eigenvalue weighted by atomic mass is 10.7. The van der Waals surface area contributed by atoms with Crippen molar-refractivity contribution in [2.75, 3.05) is 6.54 Å². The Balaban J connectivity index is 3.40. The molecule has 0 atom stereocenters. The lowest BCUT2D eigenvalue weighted by Crippen LogP contribution is -2.21. The molecule has 48 valence electrons. The topological polar surface area (TPSA) is 81.1 Å². The Morgan fingerprint density at radius 2 is 2.25 bits per heavy atom. The zero-order valence-corrected chi connectivity index (χ0v) is 5.40. The molecule has 0 radical (unpaired) electrons. The SMILES string of the molecule is C=CCNP(N)(N)=O. The molecule has 0 bridgehead atoms. The molecule has 0 aliphatic rings. The Morgan fingerprint density at radius 1 is 1.75 bits per heavy atom. The van der Waals surface area contributed by atoms with Gasteiger partial charge >= 0.3 is 0 Å². The van der Waals surface area contributed by atoms with Crippen LogP contribution in [0.15, 0.2) is 12.7 Å². The minimum atomic E-state index is -3.00. The maximum Gasteiger partial charge on any atom is 0.274 e. The highest BCUT2D eigenvalue weighted by Gasteiger charge is 2.02. The van der Waals surface area contributed by atoms with E-state index in [4.69, 9.17) is 11.0 Å². The Kier molecular flexibility index (Phi) is 2.94. The van der Waals surface area contributed by atoms with Crippen LogP contribution in [0.5, 0.6) is 0 Å². The van der Waals surface area contributed by atoms with Gasteiger partial charge in [0.15, 0.2) is 0 Å². The van der Waals surface area contributed by atoms with Crippen molar-refractivity contribution in [1.82, 2.24) is 5.09 Å². The van der Waals surface area contributed by atoms with Gasteiger partial charge in [-0.25, -0.2) is 5.09 Å². The van der Waals surface area contributed by atoms with E-state index < -0.39 is 7.59 Å². The molecule has 0 aliphatic heterocycles. The van der Waals surface area contributed by atoms with E-state index in [1.54, 1.807) is 0 Å². The van der Waals surface area contributed by atoms with Gasteiger partial charge in [-0.1, -0.05) is 6.08 Å². The van der Waals surface area contributed by atoms with Crippen LogP contribution in [0.3, 0.4) is 0 Å². The maximum atomic E-state index is 10.4. The quantitative estimate of drug-likeness (QED) is 0.369. The lowest BCUT2D eigenvalue weighted by Gasteiger charge is -2.03. The second-order valence-electron chi connectivity index (χ2n) is 1.36. The minimum absolute atomic E-state index is 0.379. The average molecular weight is 135 g/mol. The molecule has 0 rings (SSSR count). The van der Waals surface area contributed by atoms with Gasteiger partial charge in [0.2, 0.25) is 0 Å². The molecule has 0 amide bonds. The Morgan fingerprint density at radius 3 is 2.38 bits per heavy atom. The molecule has 0 fully saturated rings. The molecule has 0 saturated heterocycles. The van der Waals surface area contributed by atoms with Crippen LogP contribution in [-0.4, -0.2) is 6.54 Å². The Hall–Kier alpha value is -0.150. The third-order valence-corrected chi connectivity index (χ3v) is 1.16. The molecule has 0 saturated carbocycles. The van der Waals surface area contributed by atoms with Crippen LogP contribution in [-0.2, 0) is 4.57 Å². The van der Waals surface area contributed by atoms with Crippen molar-refractivity contribution in [2.45, 2.75) is 0 Å². The number of nitrogens with two attached hydrogens (primary N) is 2. The molecular formula is C3H10N3OP. The van der Waals surface area contributed by atoms with Crippen LogP contribution in [0.2, 0.25) is 0 Å². The first-order valence-electron chi connectivity index (χ1n) is 2.09. The highest BCUT2D eigenvalue weighted by Crippen LogP contribution is 2.15. The fourth-order valence-corrected chi connectivity index (χ4v) is 0.622. The summed E-state index contributed by atoms with van der Waals surface area (Å²) in [5.41, 5.74) is 9.79. The van der Waals surface area contributed by atoms with E-state index in [-0.39, 0.29) is 0 Å². The molecule has 0 aromatic carbocycles. The zero-order valence-electron chi connectivity index (χ0n) is 4.50. The summed E-state index contributed by atoms with van der Waals surface area (Å²) in [6.07, 6.45) is 1.53. The molecule has 0 spiro atoms. The van der Waals surface area contributed by atoms with Gasteiger partial charge in [0.05, 0.1) is 0 Å². The third-order valence-electron chi connectivity index (χ3n) is 0.483. The molecule has 5 heteroatoms. The first-order valence-corrected chi connectivity index (χ1v) is 3.94. The highest BCUT2D eigenvalue weighted by atomic mass is 31.2. The van der Waals surface area contributed by atoms with Gasteiger partial charge < -0.3 is 0 Å². The van der Waals surface area contributed by atoms with Crippen molar-refractivity contribution in [1.29, 1.82) is 0 Å². The third kappa shape index (κ3) is 5.85. The van der Waals surface area contributed by atoms with Gasteiger partial charge in [-0.3, -0.25) is 15.6 Å². The van der Waals surface area contributed by atoms with Crippen LogP contribution in [0.1, 0.15) is 0 Å². The van der Waals surface area contributed by atoms with Gasteiger partial charge in [-0.05, 0) is 0 Å². The van der Waals surface area contributed by atoms with E-state index in [2.05, 4.69) is 11.7 Å². The van der Waals surface area contributed by atoms with E-state index in [9.17, 15) is 4.57 Å². The smallest absolute Gasteiger partial charge is 0.271 e. The summed E-state index contributed by atoms with van der Waals surface area (Å²) in [4.78, 5) is 0. The van der Waals surface area contributed by atoms with E-state index in [0.717, 1.165) is 0 Å². The Bertz CT molecular complexity index is 118. The minimum Gasteiger partial charge on any atom is -0.271 e. The van der Waals surface area contributed by atoms with E-state index in [1.165, 1.54) is 6.08 Å². The predicted molar refractivity (Wildman–Crippen MR) is 34.2 cm³/mol. The number of hydrogen-bond donors (Lipinski definition) is 3. The summed E-state index contributed by atoms with van der Waals surface area (Å²) >= 11 is 0. The second kappa shape index (κ2) is 2.99. The lowest BCUT2D eigenvalue weighted by molar-refractivity contribution is 0.569. The standard InChI is InChI=1S/C3H10N3OP/c1-2-3-6-8(4,5)7/h2H,1,3H2,(H5,4,5,6,7). The summed E-state index contributed by atoms with van der Waals surface area (Å²) in [6.45, 7) is 3.75. The van der Waals surface area contributed by atoms with Crippen molar-refractivity contribution in [2.24, 2.45) is 11.0 Å². The van der Waals surface area contributed by atoms with Crippen LogP contribution in [0.25, 0.3) is 0 Å². The summed E-state index contributed by atoms with van der Waals surface area (Å²) < 4.78 is 10.4. The van der Waals surface area contributed by atoms with Gasteiger partial charge in [0, 0.05) is 6.54 Å². The van der Waals surface area contributed by atoms with Crippen molar-refractivity contribution in [3.63, 3.8) is 0 Å². The maximum absolute atomic E-state index is 10.4. The molecular weight excluding hydrogens is 125 g/mol. The molecule has 5 N–H and O–H groups in total.